The van der Waals surface area contributed by atoms with E-state index in [2.05, 4.69) is 15.3 Å². The van der Waals surface area contributed by atoms with Crippen LogP contribution in [0.25, 0.3) is 0 Å². The average molecular weight is 218 g/mol. The maximum Gasteiger partial charge on any atom is 0.173 e. The van der Waals surface area contributed by atoms with Gasteiger partial charge in [0.25, 0.3) is 0 Å². The van der Waals surface area contributed by atoms with E-state index in [1.807, 2.05) is 0 Å². The smallest absolute Gasteiger partial charge is 0.173 e. The molecule has 78 valence electrons. The van der Waals surface area contributed by atoms with Crippen molar-refractivity contribution in [2.45, 2.75) is 6.29 Å². The first-order valence-corrected chi connectivity index (χ1v) is 4.40. The van der Waals surface area contributed by atoms with E-state index in [1.54, 1.807) is 14.2 Å². The average Bonchev–Trinajstić information content (AvgIpc) is 2.22. The number of rotatable bonds is 5. The fourth-order valence-electron chi connectivity index (χ4n) is 0.886. The molecule has 5 nitrogen and oxygen atoms in total. The van der Waals surface area contributed by atoms with Gasteiger partial charge in [-0.3, -0.25) is 0 Å². The van der Waals surface area contributed by atoms with E-state index in [1.165, 1.54) is 12.5 Å². The molecule has 0 atom stereocenters. The number of nitrogens with zero attached hydrogens (tertiary/aromatic N) is 2. The molecule has 0 aromatic carbocycles. The van der Waals surface area contributed by atoms with Crippen LogP contribution in [-0.2, 0) is 9.47 Å². The monoisotopic (exact) mass is 217 g/mol. The van der Waals surface area contributed by atoms with Gasteiger partial charge in [-0.15, -0.1) is 0 Å². The second kappa shape index (κ2) is 5.74. The molecule has 0 radical (unpaired) electrons. The maximum atomic E-state index is 5.82. The Labute approximate surface area is 87.4 Å². The van der Waals surface area contributed by atoms with Crippen LogP contribution in [-0.4, -0.2) is 37.0 Å². The summed E-state index contributed by atoms with van der Waals surface area (Å²) in [5.41, 5.74) is 0. The van der Waals surface area contributed by atoms with E-state index in [0.29, 0.717) is 17.4 Å². The highest BCUT2D eigenvalue weighted by Gasteiger charge is 2.06. The molecule has 14 heavy (non-hydrogen) atoms. The Morgan fingerprint density at radius 1 is 1.50 bits per heavy atom. The molecular formula is C8H12ClN3O2. The molecule has 0 bridgehead atoms. The van der Waals surface area contributed by atoms with Crippen molar-refractivity contribution in [3.8, 4) is 0 Å². The second-order valence-electron chi connectivity index (χ2n) is 2.50. The molecule has 6 heteroatoms. The summed E-state index contributed by atoms with van der Waals surface area (Å²) in [7, 11) is 3.13. The third-order valence-electron chi connectivity index (χ3n) is 1.63. The van der Waals surface area contributed by atoms with E-state index in [4.69, 9.17) is 21.1 Å². The van der Waals surface area contributed by atoms with Gasteiger partial charge in [0.2, 0.25) is 0 Å². The van der Waals surface area contributed by atoms with Crippen molar-refractivity contribution in [2.24, 2.45) is 0 Å². The van der Waals surface area contributed by atoms with Crippen LogP contribution < -0.4 is 5.32 Å². The first kappa shape index (κ1) is 11.2. The fourth-order valence-corrected chi connectivity index (χ4v) is 1.06. The number of anilines is 1. The highest BCUT2D eigenvalue weighted by atomic mass is 35.5. The quantitative estimate of drug-likeness (QED) is 0.751. The van der Waals surface area contributed by atoms with Crippen LogP contribution >= 0.6 is 11.6 Å². The number of ether oxygens (including phenoxy) is 2. The molecule has 0 saturated carbocycles. The molecule has 0 spiro atoms. The molecule has 0 aliphatic carbocycles. The van der Waals surface area contributed by atoms with Gasteiger partial charge >= 0.3 is 0 Å². The maximum absolute atomic E-state index is 5.82. The van der Waals surface area contributed by atoms with Crippen LogP contribution in [0, 0.1) is 0 Å². The predicted octanol–water partition coefficient (Wildman–Crippen LogP) is 1.16. The van der Waals surface area contributed by atoms with Crippen molar-refractivity contribution < 1.29 is 9.47 Å². The van der Waals surface area contributed by atoms with Gasteiger partial charge in [-0.05, 0) is 0 Å². The molecule has 0 fully saturated rings. The molecule has 1 N–H and O–H groups in total. The Bertz CT molecular complexity index is 281. The van der Waals surface area contributed by atoms with Crippen molar-refractivity contribution >= 4 is 17.4 Å². The zero-order valence-electron chi connectivity index (χ0n) is 8.03. The molecule has 0 amide bonds. The summed E-state index contributed by atoms with van der Waals surface area (Å²) >= 11 is 5.82. The number of methoxy groups -OCH3 is 2. The van der Waals surface area contributed by atoms with Gasteiger partial charge in [0, 0.05) is 14.2 Å². The minimum atomic E-state index is -0.318. The Morgan fingerprint density at radius 3 is 2.79 bits per heavy atom. The normalized spacial score (nSPS) is 10.6. The van der Waals surface area contributed by atoms with Crippen LogP contribution in [0.2, 0.25) is 5.02 Å². The Balaban J connectivity index is 2.49. The van der Waals surface area contributed by atoms with E-state index >= 15 is 0 Å². The van der Waals surface area contributed by atoms with Crippen molar-refractivity contribution in [1.82, 2.24) is 9.97 Å². The summed E-state index contributed by atoms with van der Waals surface area (Å²) in [6.45, 7) is 0.476. The fraction of sp³-hybridized carbons (Fsp3) is 0.500. The van der Waals surface area contributed by atoms with Gasteiger partial charge in [0.05, 0.1) is 12.7 Å². The molecule has 0 aliphatic heterocycles. The topological polar surface area (TPSA) is 56.3 Å². The van der Waals surface area contributed by atoms with E-state index in [-0.39, 0.29) is 6.29 Å². The molecule has 0 saturated heterocycles. The molecule has 1 aromatic heterocycles. The second-order valence-corrected chi connectivity index (χ2v) is 2.91. The van der Waals surface area contributed by atoms with Crippen LogP contribution in [0.3, 0.4) is 0 Å². The first-order valence-electron chi connectivity index (χ1n) is 4.03. The van der Waals surface area contributed by atoms with Gasteiger partial charge in [0.15, 0.2) is 6.29 Å². The van der Waals surface area contributed by atoms with E-state index < -0.39 is 0 Å². The van der Waals surface area contributed by atoms with E-state index in [0.717, 1.165) is 0 Å². The summed E-state index contributed by atoms with van der Waals surface area (Å²) in [5, 5.41) is 3.45. The first-order chi connectivity index (χ1) is 6.77. The number of hydrogen-bond donors (Lipinski definition) is 1. The molecule has 0 aliphatic rings. The van der Waals surface area contributed by atoms with Gasteiger partial charge in [-0.2, -0.15) is 0 Å². The minimum absolute atomic E-state index is 0.318. The number of nitrogens with one attached hydrogen (secondary N) is 1. The number of hydrogen-bond acceptors (Lipinski definition) is 5. The van der Waals surface area contributed by atoms with Crippen LogP contribution in [0.1, 0.15) is 0 Å². The molecule has 0 unspecified atom stereocenters. The van der Waals surface area contributed by atoms with Gasteiger partial charge in [-0.1, -0.05) is 11.6 Å². The summed E-state index contributed by atoms with van der Waals surface area (Å²) < 4.78 is 9.98. The molecule has 1 heterocycles. The Hall–Kier alpha value is -0.910. The van der Waals surface area contributed by atoms with Crippen molar-refractivity contribution in [3.63, 3.8) is 0 Å². The van der Waals surface area contributed by atoms with Crippen LogP contribution in [0.4, 0.5) is 5.82 Å². The zero-order chi connectivity index (χ0) is 10.4. The van der Waals surface area contributed by atoms with Crippen molar-refractivity contribution in [1.29, 1.82) is 0 Å². The zero-order valence-corrected chi connectivity index (χ0v) is 8.78. The number of halogens is 1. The van der Waals surface area contributed by atoms with Crippen molar-refractivity contribution in [2.75, 3.05) is 26.1 Å². The Kier molecular flexibility index (Phi) is 4.58. The van der Waals surface area contributed by atoms with Gasteiger partial charge in [0.1, 0.15) is 17.2 Å². The lowest BCUT2D eigenvalue weighted by atomic mass is 10.5. The standard InChI is InChI=1S/C8H12ClN3O2/c1-13-7(14-2)4-11-8-6(9)3-10-5-12-8/h3,5,7H,4H2,1-2H3,(H,10,11,12). The van der Waals surface area contributed by atoms with Crippen molar-refractivity contribution in [3.05, 3.63) is 17.5 Å². The molecule has 1 rings (SSSR count). The third-order valence-corrected chi connectivity index (χ3v) is 1.91. The Morgan fingerprint density at radius 2 is 2.21 bits per heavy atom. The predicted molar refractivity (Wildman–Crippen MR) is 53.3 cm³/mol. The lowest BCUT2D eigenvalue weighted by Gasteiger charge is -2.14. The van der Waals surface area contributed by atoms with Crippen LogP contribution in [0.15, 0.2) is 12.5 Å². The highest BCUT2D eigenvalue weighted by molar-refractivity contribution is 6.32. The van der Waals surface area contributed by atoms with Gasteiger partial charge < -0.3 is 14.8 Å². The summed E-state index contributed by atoms with van der Waals surface area (Å²) in [5.74, 6) is 0.570. The lowest BCUT2D eigenvalue weighted by Crippen LogP contribution is -2.24. The summed E-state index contributed by atoms with van der Waals surface area (Å²) in [4.78, 5) is 7.72. The largest absolute Gasteiger partial charge is 0.364 e. The number of aromatic nitrogens is 2. The summed E-state index contributed by atoms with van der Waals surface area (Å²) in [6.07, 6.45) is 2.62. The minimum Gasteiger partial charge on any atom is -0.364 e. The van der Waals surface area contributed by atoms with Gasteiger partial charge in [-0.25, -0.2) is 9.97 Å². The molecule has 1 aromatic rings. The summed E-state index contributed by atoms with van der Waals surface area (Å²) in [6, 6.07) is 0. The SMILES string of the molecule is COC(CNc1ncncc1Cl)OC. The van der Waals surface area contributed by atoms with E-state index in [9.17, 15) is 0 Å². The molecular weight excluding hydrogens is 206 g/mol. The van der Waals surface area contributed by atoms with Crippen LogP contribution in [0.5, 0.6) is 0 Å². The third kappa shape index (κ3) is 3.10. The highest BCUT2D eigenvalue weighted by Crippen LogP contribution is 2.15. The lowest BCUT2D eigenvalue weighted by molar-refractivity contribution is -0.0914.